The van der Waals surface area contributed by atoms with Crippen LogP contribution in [0.25, 0.3) is 59.1 Å². The van der Waals surface area contributed by atoms with E-state index < -0.39 is 0 Å². The lowest BCUT2D eigenvalue weighted by atomic mass is 9.82. The van der Waals surface area contributed by atoms with Crippen molar-refractivity contribution in [2.24, 2.45) is 0 Å². The maximum absolute atomic E-state index is 2.55. The number of hydrogen-bond donors (Lipinski definition) is 0. The minimum absolute atomic E-state index is 0.0837. The van der Waals surface area contributed by atoms with Crippen LogP contribution in [-0.2, 0) is 5.41 Å². The van der Waals surface area contributed by atoms with E-state index in [1.807, 2.05) is 11.3 Å². The molecule has 1 heterocycles. The van der Waals surface area contributed by atoms with Gasteiger partial charge in [0, 0.05) is 47.8 Å². The highest BCUT2D eigenvalue weighted by Gasteiger charge is 2.37. The van der Waals surface area contributed by atoms with Gasteiger partial charge in [0.25, 0.3) is 0 Å². The third kappa shape index (κ3) is 5.05. The van der Waals surface area contributed by atoms with Crippen molar-refractivity contribution in [2.75, 3.05) is 4.90 Å². The van der Waals surface area contributed by atoms with Crippen LogP contribution in [0, 0.1) is 0 Å². The Kier molecular flexibility index (Phi) is 7.56. The molecule has 0 fully saturated rings. The fourth-order valence-electron chi connectivity index (χ4n) is 8.89. The van der Waals surface area contributed by atoms with Crippen molar-refractivity contribution >= 4 is 54.1 Å². The van der Waals surface area contributed by atoms with Crippen molar-refractivity contribution in [2.45, 2.75) is 32.1 Å². The Hall–Kier alpha value is -5.96. The van der Waals surface area contributed by atoms with E-state index in [0.717, 1.165) is 18.5 Å². The van der Waals surface area contributed by atoms with Crippen LogP contribution in [0.4, 0.5) is 17.1 Å². The molecule has 0 unspecified atom stereocenters. The van der Waals surface area contributed by atoms with Gasteiger partial charge < -0.3 is 4.90 Å². The van der Waals surface area contributed by atoms with Crippen molar-refractivity contribution < 1.29 is 0 Å². The molecule has 8 aromatic rings. The van der Waals surface area contributed by atoms with Crippen molar-refractivity contribution in [3.8, 4) is 33.4 Å². The number of allylic oxidation sites excluding steroid dienone is 4. The van der Waals surface area contributed by atoms with Crippen LogP contribution < -0.4 is 4.90 Å². The normalized spacial score (nSPS) is 14.3. The quantitative estimate of drug-likeness (QED) is 0.167. The molecule has 53 heavy (non-hydrogen) atoms. The molecule has 0 aliphatic heterocycles. The molecule has 0 spiro atoms. The molecule has 2 aliphatic rings. The predicted molar refractivity (Wildman–Crippen MR) is 229 cm³/mol. The van der Waals surface area contributed by atoms with E-state index in [0.29, 0.717) is 0 Å². The Balaban J connectivity index is 1.27. The number of fused-ring (bicyclic) bond motifs is 6. The molecule has 0 saturated heterocycles. The molecule has 1 nitrogen and oxygen atoms in total. The summed E-state index contributed by atoms with van der Waals surface area (Å²) in [7, 11) is 0. The zero-order valence-electron chi connectivity index (χ0n) is 30.0. The lowest BCUT2D eigenvalue weighted by Gasteiger charge is -2.32. The molecule has 0 bridgehead atoms. The van der Waals surface area contributed by atoms with Crippen molar-refractivity contribution in [3.63, 3.8) is 0 Å². The molecule has 1 aromatic heterocycles. The van der Waals surface area contributed by atoms with Gasteiger partial charge in [-0.15, -0.1) is 11.3 Å². The fourth-order valence-corrected chi connectivity index (χ4v) is 10.1. The molecule has 0 N–H and O–H groups in total. The van der Waals surface area contributed by atoms with Gasteiger partial charge in [-0.2, -0.15) is 0 Å². The average Bonchev–Trinajstić information content (AvgIpc) is 3.71. The number of anilines is 3. The molecule has 254 valence electrons. The Bertz CT molecular complexity index is 2770. The van der Waals surface area contributed by atoms with Gasteiger partial charge in [0.1, 0.15) is 0 Å². The molecule has 2 heteroatoms. The van der Waals surface area contributed by atoms with E-state index in [1.165, 1.54) is 87.2 Å². The van der Waals surface area contributed by atoms with E-state index in [4.69, 9.17) is 0 Å². The summed E-state index contributed by atoms with van der Waals surface area (Å²) in [6, 6.07) is 58.6. The number of thiophene rings is 1. The van der Waals surface area contributed by atoms with Gasteiger partial charge in [-0.25, -0.2) is 0 Å². The summed E-state index contributed by atoms with van der Waals surface area (Å²) < 4.78 is 2.64. The van der Waals surface area contributed by atoms with Crippen LogP contribution in [0.5, 0.6) is 0 Å². The first-order chi connectivity index (χ1) is 26.1. The van der Waals surface area contributed by atoms with Gasteiger partial charge in [0.15, 0.2) is 0 Å². The first kappa shape index (κ1) is 31.7. The Morgan fingerprint density at radius 3 is 1.79 bits per heavy atom. The van der Waals surface area contributed by atoms with E-state index in [-0.39, 0.29) is 5.41 Å². The number of hydrogen-bond acceptors (Lipinski definition) is 2. The third-order valence-electron chi connectivity index (χ3n) is 11.4. The standard InChI is InChI=1S/C51H39NS/c1-51(2)43-28-11-6-24-42(43)49-39(25-17-29-44(49)51)36-21-8-13-31-46(36)52(45-30-12-7-20-35(45)34-18-4-3-5-19-34)47-32-14-9-22-37(47)40-26-16-27-41-38-23-10-15-33-48(38)53-50(40)41/h3-4,6-18,20-33H,5,19H2,1-2H3. The van der Waals surface area contributed by atoms with Gasteiger partial charge in [0.2, 0.25) is 0 Å². The smallest absolute Gasteiger partial charge is 0.0541 e. The molecule has 7 aromatic carbocycles. The Morgan fingerprint density at radius 1 is 0.491 bits per heavy atom. The van der Waals surface area contributed by atoms with Crippen LogP contribution in [0.3, 0.4) is 0 Å². The van der Waals surface area contributed by atoms with Crippen molar-refractivity contribution in [1.82, 2.24) is 0 Å². The van der Waals surface area contributed by atoms with Crippen LogP contribution in [0.1, 0.15) is 43.4 Å². The lowest BCUT2D eigenvalue weighted by Crippen LogP contribution is -2.15. The highest BCUT2D eigenvalue weighted by atomic mass is 32.1. The topological polar surface area (TPSA) is 3.24 Å². The summed E-state index contributed by atoms with van der Waals surface area (Å²) in [6.45, 7) is 4.74. The zero-order chi connectivity index (χ0) is 35.5. The second-order valence-electron chi connectivity index (χ2n) is 14.7. The summed E-state index contributed by atoms with van der Waals surface area (Å²) in [5, 5.41) is 2.63. The van der Waals surface area contributed by atoms with Gasteiger partial charge in [-0.1, -0.05) is 166 Å². The van der Waals surface area contributed by atoms with Crippen molar-refractivity contribution in [3.05, 3.63) is 193 Å². The summed E-state index contributed by atoms with van der Waals surface area (Å²) in [4.78, 5) is 2.55. The fraction of sp³-hybridized carbons (Fsp3) is 0.0980. The first-order valence-electron chi connectivity index (χ1n) is 18.7. The van der Waals surface area contributed by atoms with Crippen LogP contribution in [0.2, 0.25) is 0 Å². The second-order valence-corrected chi connectivity index (χ2v) is 15.8. The molecule has 2 aliphatic carbocycles. The van der Waals surface area contributed by atoms with Crippen LogP contribution in [0.15, 0.2) is 176 Å². The summed E-state index contributed by atoms with van der Waals surface area (Å²) in [6.07, 6.45) is 8.86. The predicted octanol–water partition coefficient (Wildman–Crippen LogP) is 14.9. The van der Waals surface area contributed by atoms with E-state index in [2.05, 4.69) is 195 Å². The Morgan fingerprint density at radius 2 is 1.04 bits per heavy atom. The minimum atomic E-state index is -0.0837. The van der Waals surface area contributed by atoms with E-state index in [9.17, 15) is 0 Å². The number of benzene rings is 7. The maximum Gasteiger partial charge on any atom is 0.0541 e. The SMILES string of the molecule is CC1(C)c2ccccc2-c2c(-c3ccccc3N(c3ccccc3C3=CC=CCC3)c3ccccc3-c3cccc4c3sc3ccccc34)cccc21. The summed E-state index contributed by atoms with van der Waals surface area (Å²) >= 11 is 1.89. The first-order valence-corrected chi connectivity index (χ1v) is 19.5. The molecule has 0 atom stereocenters. The number of nitrogens with zero attached hydrogens (tertiary/aromatic N) is 1. The second kappa shape index (κ2) is 12.6. The zero-order valence-corrected chi connectivity index (χ0v) is 30.8. The van der Waals surface area contributed by atoms with Gasteiger partial charge in [0.05, 0.1) is 17.1 Å². The Labute approximate surface area is 315 Å². The molecule has 0 amide bonds. The van der Waals surface area contributed by atoms with Gasteiger partial charge in [-0.05, 0) is 70.5 Å². The van der Waals surface area contributed by atoms with Crippen LogP contribution in [-0.4, -0.2) is 0 Å². The third-order valence-corrected chi connectivity index (χ3v) is 12.6. The lowest BCUT2D eigenvalue weighted by molar-refractivity contribution is 0.660. The van der Waals surface area contributed by atoms with Crippen molar-refractivity contribution in [1.29, 1.82) is 0 Å². The largest absolute Gasteiger partial charge is 0.309 e. The number of para-hydroxylation sites is 3. The van der Waals surface area contributed by atoms with Gasteiger partial charge >= 0.3 is 0 Å². The highest BCUT2D eigenvalue weighted by Crippen LogP contribution is 2.55. The maximum atomic E-state index is 2.55. The highest BCUT2D eigenvalue weighted by molar-refractivity contribution is 7.26. The molecular weight excluding hydrogens is 659 g/mol. The van der Waals surface area contributed by atoms with E-state index in [1.54, 1.807) is 0 Å². The van der Waals surface area contributed by atoms with Crippen LogP contribution >= 0.6 is 11.3 Å². The molecule has 10 rings (SSSR count). The average molecular weight is 698 g/mol. The molecular formula is C51H39NS. The summed E-state index contributed by atoms with van der Waals surface area (Å²) in [5.74, 6) is 0. The van der Waals surface area contributed by atoms with E-state index >= 15 is 0 Å². The molecule has 0 radical (unpaired) electrons. The van der Waals surface area contributed by atoms with Gasteiger partial charge in [-0.3, -0.25) is 0 Å². The monoisotopic (exact) mass is 697 g/mol. The summed E-state index contributed by atoms with van der Waals surface area (Å²) in [5.41, 5.74) is 16.5. The number of rotatable bonds is 6. The molecule has 0 saturated carbocycles. The minimum Gasteiger partial charge on any atom is -0.309 e.